The Labute approximate surface area is 231 Å². The fourth-order valence-corrected chi connectivity index (χ4v) is 6.45. The number of rotatable bonds is 3. The molecule has 6 nitrogen and oxygen atoms in total. The first-order valence-corrected chi connectivity index (χ1v) is 13.9. The first-order valence-electron chi connectivity index (χ1n) is 13.1. The van der Waals surface area contributed by atoms with Gasteiger partial charge in [0.1, 0.15) is 17.6 Å². The third-order valence-electron chi connectivity index (χ3n) is 7.45. The Bertz CT molecular complexity index is 1680. The van der Waals surface area contributed by atoms with Crippen LogP contribution in [-0.2, 0) is 21.4 Å². The van der Waals surface area contributed by atoms with Gasteiger partial charge in [0.2, 0.25) is 0 Å². The van der Waals surface area contributed by atoms with E-state index in [1.807, 2.05) is 68.4 Å². The highest BCUT2D eigenvalue weighted by molar-refractivity contribution is 7.22. The van der Waals surface area contributed by atoms with Crippen molar-refractivity contribution in [1.82, 2.24) is 4.98 Å². The second kappa shape index (κ2) is 9.06. The van der Waals surface area contributed by atoms with Crippen molar-refractivity contribution >= 4 is 44.1 Å². The summed E-state index contributed by atoms with van der Waals surface area (Å²) in [6, 6.07) is 18.4. The van der Waals surface area contributed by atoms with E-state index >= 15 is 0 Å². The Balaban J connectivity index is 1.53. The number of carbonyl (C=O) groups is 2. The summed E-state index contributed by atoms with van der Waals surface area (Å²) in [5.74, 6) is -0.841. The van der Waals surface area contributed by atoms with Gasteiger partial charge in [-0.05, 0) is 71.8 Å². The minimum absolute atomic E-state index is 0.0481. The highest BCUT2D eigenvalue weighted by atomic mass is 32.1. The van der Waals surface area contributed by atoms with Gasteiger partial charge in [0.15, 0.2) is 5.13 Å². The van der Waals surface area contributed by atoms with E-state index in [1.54, 1.807) is 6.07 Å². The molecular formula is C32H30N2O4S. The first kappa shape index (κ1) is 25.3. The number of anilines is 1. The number of aromatic nitrogens is 1. The second-order valence-electron chi connectivity index (χ2n) is 11.5. The smallest absolute Gasteiger partial charge is 0.301 e. The minimum Gasteiger partial charge on any atom is -0.507 e. The maximum absolute atomic E-state index is 13.6. The van der Waals surface area contributed by atoms with Gasteiger partial charge < -0.3 is 9.84 Å². The Morgan fingerprint density at radius 3 is 2.51 bits per heavy atom. The Kier molecular flexibility index (Phi) is 5.88. The van der Waals surface area contributed by atoms with E-state index in [0.717, 1.165) is 38.2 Å². The van der Waals surface area contributed by atoms with Crippen LogP contribution in [0.25, 0.3) is 16.0 Å². The lowest BCUT2D eigenvalue weighted by atomic mass is 9.85. The summed E-state index contributed by atoms with van der Waals surface area (Å²) in [7, 11) is 0. The largest absolute Gasteiger partial charge is 0.507 e. The number of fused-ring (bicyclic) bond motifs is 2. The van der Waals surface area contributed by atoms with Gasteiger partial charge in [-0.25, -0.2) is 4.98 Å². The van der Waals surface area contributed by atoms with Gasteiger partial charge in [0.25, 0.3) is 5.78 Å². The lowest BCUT2D eigenvalue weighted by molar-refractivity contribution is -0.132. The van der Waals surface area contributed by atoms with Crippen molar-refractivity contribution in [2.24, 2.45) is 0 Å². The molecule has 4 aromatic rings. The third-order valence-corrected chi connectivity index (χ3v) is 8.46. The monoisotopic (exact) mass is 538 g/mol. The zero-order valence-electron chi connectivity index (χ0n) is 22.6. The summed E-state index contributed by atoms with van der Waals surface area (Å²) < 4.78 is 6.74. The van der Waals surface area contributed by atoms with Crippen LogP contribution < -0.4 is 9.64 Å². The van der Waals surface area contributed by atoms with Gasteiger partial charge in [-0.1, -0.05) is 62.4 Å². The number of aryl methyl sites for hydroxylation is 1. The molecule has 0 radical (unpaired) electrons. The van der Waals surface area contributed by atoms with Crippen LogP contribution in [0.15, 0.2) is 66.2 Å². The van der Waals surface area contributed by atoms with Gasteiger partial charge >= 0.3 is 5.91 Å². The average molecular weight is 539 g/mol. The number of nitrogens with zero attached hydrogens (tertiary/aromatic N) is 2. The Morgan fingerprint density at radius 1 is 1.05 bits per heavy atom. The summed E-state index contributed by atoms with van der Waals surface area (Å²) in [6.07, 6.45) is 0.764. The number of amides is 1. The molecule has 3 heterocycles. The van der Waals surface area contributed by atoms with Crippen LogP contribution in [0, 0.1) is 6.92 Å². The van der Waals surface area contributed by atoms with Crippen molar-refractivity contribution in [2.45, 2.75) is 58.6 Å². The molecule has 0 saturated carbocycles. The van der Waals surface area contributed by atoms with Crippen LogP contribution in [0.5, 0.6) is 5.75 Å². The molecule has 0 unspecified atom stereocenters. The lowest BCUT2D eigenvalue weighted by Crippen LogP contribution is -2.29. The van der Waals surface area contributed by atoms with E-state index in [1.165, 1.54) is 16.2 Å². The number of aliphatic hydroxyl groups excluding tert-OH is 1. The number of ether oxygens (including phenoxy) is 1. The number of ketones is 1. The molecule has 1 aromatic heterocycles. The SMILES string of the molecule is Cc1ccc2nc(N3C(=O)C(=O)C(=C(O)c4ccc5c(c4)C[C@@H](C)O5)[C@@H]3c3ccc(C(C)(C)C)cc3)sc2c1. The molecule has 0 aliphatic carbocycles. The predicted octanol–water partition coefficient (Wildman–Crippen LogP) is 6.85. The van der Waals surface area contributed by atoms with Crippen molar-refractivity contribution < 1.29 is 19.4 Å². The summed E-state index contributed by atoms with van der Waals surface area (Å²) >= 11 is 1.37. The zero-order valence-corrected chi connectivity index (χ0v) is 23.4. The molecule has 0 spiro atoms. The predicted molar refractivity (Wildman–Crippen MR) is 155 cm³/mol. The van der Waals surface area contributed by atoms with Crippen molar-refractivity contribution in [3.8, 4) is 5.75 Å². The average Bonchev–Trinajstić information content (AvgIpc) is 3.55. The summed E-state index contributed by atoms with van der Waals surface area (Å²) in [5.41, 5.74) is 5.17. The first-order chi connectivity index (χ1) is 18.5. The molecule has 2 aliphatic heterocycles. The molecule has 7 heteroatoms. The topological polar surface area (TPSA) is 79.7 Å². The molecule has 1 saturated heterocycles. The van der Waals surface area contributed by atoms with Crippen LogP contribution in [-0.4, -0.2) is 27.9 Å². The third kappa shape index (κ3) is 4.31. The molecule has 2 atom stereocenters. The molecule has 198 valence electrons. The maximum atomic E-state index is 13.6. The van der Waals surface area contributed by atoms with Gasteiger partial charge in [0, 0.05) is 12.0 Å². The van der Waals surface area contributed by atoms with E-state index in [2.05, 4.69) is 20.8 Å². The molecule has 1 N–H and O–H groups in total. The fourth-order valence-electron chi connectivity index (χ4n) is 5.36. The van der Waals surface area contributed by atoms with Crippen LogP contribution in [0.3, 0.4) is 0 Å². The molecule has 0 bridgehead atoms. The van der Waals surface area contributed by atoms with E-state index in [4.69, 9.17) is 9.72 Å². The highest BCUT2D eigenvalue weighted by Gasteiger charge is 2.48. The van der Waals surface area contributed by atoms with Crippen LogP contribution in [0.1, 0.15) is 61.6 Å². The number of aliphatic hydroxyl groups is 1. The molecule has 1 amide bonds. The molecule has 39 heavy (non-hydrogen) atoms. The minimum atomic E-state index is -0.816. The number of carbonyl (C=O) groups excluding carboxylic acids is 2. The van der Waals surface area contributed by atoms with Crippen molar-refractivity contribution in [3.05, 3.63) is 94.1 Å². The van der Waals surface area contributed by atoms with Crippen LogP contribution in [0.4, 0.5) is 5.13 Å². The fraction of sp³-hybridized carbons (Fsp3) is 0.281. The Hall–Kier alpha value is -3.97. The highest BCUT2D eigenvalue weighted by Crippen LogP contribution is 2.45. The molecule has 3 aromatic carbocycles. The van der Waals surface area contributed by atoms with Crippen molar-refractivity contribution in [3.63, 3.8) is 0 Å². The molecule has 2 aliphatic rings. The summed E-state index contributed by atoms with van der Waals surface area (Å²) in [5, 5.41) is 12.0. The van der Waals surface area contributed by atoms with Gasteiger partial charge in [0.05, 0.1) is 21.8 Å². The normalized spacial score (nSPS) is 20.5. The van der Waals surface area contributed by atoms with Gasteiger partial charge in [-0.3, -0.25) is 14.5 Å². The summed E-state index contributed by atoms with van der Waals surface area (Å²) in [4.78, 5) is 33.4. The maximum Gasteiger partial charge on any atom is 0.301 e. The van der Waals surface area contributed by atoms with E-state index in [0.29, 0.717) is 17.1 Å². The van der Waals surface area contributed by atoms with Gasteiger partial charge in [-0.2, -0.15) is 0 Å². The van der Waals surface area contributed by atoms with Crippen molar-refractivity contribution in [1.29, 1.82) is 0 Å². The number of Topliss-reactive ketones (excluding diaryl/α,β-unsaturated/α-hetero) is 1. The number of hydrogen-bond acceptors (Lipinski definition) is 6. The molecule has 6 rings (SSSR count). The number of benzene rings is 3. The molecular weight excluding hydrogens is 508 g/mol. The quantitative estimate of drug-likeness (QED) is 0.175. The van der Waals surface area contributed by atoms with E-state index in [9.17, 15) is 14.7 Å². The lowest BCUT2D eigenvalue weighted by Gasteiger charge is -2.24. The van der Waals surface area contributed by atoms with Crippen LogP contribution >= 0.6 is 11.3 Å². The van der Waals surface area contributed by atoms with E-state index < -0.39 is 17.7 Å². The van der Waals surface area contributed by atoms with Crippen LogP contribution in [0.2, 0.25) is 0 Å². The zero-order chi connectivity index (χ0) is 27.6. The summed E-state index contributed by atoms with van der Waals surface area (Å²) in [6.45, 7) is 10.4. The number of thiazole rings is 1. The number of hydrogen-bond donors (Lipinski definition) is 1. The Morgan fingerprint density at radius 2 is 1.79 bits per heavy atom. The van der Waals surface area contributed by atoms with Gasteiger partial charge in [-0.15, -0.1) is 0 Å². The van der Waals surface area contributed by atoms with E-state index in [-0.39, 0.29) is 22.9 Å². The standard InChI is InChI=1S/C32H30N2O4S/c1-17-6-12-23-25(14-17)39-31(33-23)34-27(19-7-10-22(11-8-19)32(3,4)5)26(29(36)30(34)37)28(35)20-9-13-24-21(16-20)15-18(2)38-24/h6-14,16,18,27,35H,15H2,1-5H3/t18-,27+/m1/s1. The van der Waals surface area contributed by atoms with Crippen molar-refractivity contribution in [2.75, 3.05) is 4.90 Å². The molecule has 1 fully saturated rings. The second-order valence-corrected chi connectivity index (χ2v) is 12.5.